The molecule has 0 aromatic heterocycles. The number of hydrogen-bond acceptors (Lipinski definition) is 4. The minimum absolute atomic E-state index is 0.153. The molecule has 1 saturated heterocycles. The largest absolute Gasteiger partial charge is 0.397 e. The lowest BCUT2D eigenvalue weighted by Gasteiger charge is -2.33. The number of hydrogen-bond donors (Lipinski definition) is 2. The maximum Gasteiger partial charge on any atom is 0.353 e. The van der Waals surface area contributed by atoms with Gasteiger partial charge in [0.25, 0.3) is 6.21 Å². The standard InChI is InChI=1S/C21H28FN4S/c1-2-27-26-9-6-17(7-10-26)25-20-13-16(11-15-5-8-24-21(15)20)14-3-4-19(23)18(22)12-14/h4-5,8,12-14,16-17,25H,2-3,6-7,9-11,23H2,1H3/q+1. The zero-order chi connectivity index (χ0) is 18.8. The second-order valence-electron chi connectivity index (χ2n) is 7.61. The minimum Gasteiger partial charge on any atom is -0.397 e. The fraction of sp³-hybridized carbons (Fsp3) is 0.524. The third kappa shape index (κ3) is 4.08. The summed E-state index contributed by atoms with van der Waals surface area (Å²) in [5.41, 5.74) is 9.43. The molecule has 2 aliphatic heterocycles. The van der Waals surface area contributed by atoms with Crippen molar-refractivity contribution in [2.75, 3.05) is 18.8 Å². The Hall–Kier alpha value is -1.75. The normalized spacial score (nSPS) is 28.7. The van der Waals surface area contributed by atoms with Crippen LogP contribution in [-0.2, 0) is 0 Å². The monoisotopic (exact) mass is 387 g/mol. The van der Waals surface area contributed by atoms with Crippen LogP contribution < -0.4 is 15.7 Å². The SMILES string of the molecule is CCSN1CCC(NC2=CC(C3C=C(F)C(N)=CC3)CC3=CC=[N+]=C32)CC1. The van der Waals surface area contributed by atoms with Crippen LogP contribution in [0.1, 0.15) is 32.6 Å². The van der Waals surface area contributed by atoms with E-state index in [-0.39, 0.29) is 23.4 Å². The second kappa shape index (κ2) is 8.09. The highest BCUT2D eigenvalue weighted by atomic mass is 32.2. The van der Waals surface area contributed by atoms with Crippen molar-refractivity contribution >= 4 is 23.9 Å². The highest BCUT2D eigenvalue weighted by Gasteiger charge is 2.37. The molecule has 4 rings (SSSR count). The maximum atomic E-state index is 14.0. The van der Waals surface area contributed by atoms with Crippen LogP contribution >= 0.6 is 11.9 Å². The van der Waals surface area contributed by atoms with E-state index in [2.05, 4.69) is 33.4 Å². The third-order valence-corrected chi connectivity index (χ3v) is 6.78. The van der Waals surface area contributed by atoms with Gasteiger partial charge in [0.1, 0.15) is 11.5 Å². The molecule has 3 N–H and O–H groups in total. The Bertz CT molecular complexity index is 780. The molecule has 2 unspecified atom stereocenters. The van der Waals surface area contributed by atoms with Gasteiger partial charge in [0.2, 0.25) is 0 Å². The van der Waals surface area contributed by atoms with Crippen molar-refractivity contribution in [3.8, 4) is 0 Å². The first kappa shape index (κ1) is 18.6. The van der Waals surface area contributed by atoms with E-state index in [0.29, 0.717) is 6.04 Å². The molecule has 0 aromatic rings. The van der Waals surface area contributed by atoms with Crippen LogP contribution in [0.3, 0.4) is 0 Å². The van der Waals surface area contributed by atoms with Crippen LogP contribution in [0.2, 0.25) is 0 Å². The van der Waals surface area contributed by atoms with Crippen molar-refractivity contribution in [2.24, 2.45) is 17.6 Å². The number of fused-ring (bicyclic) bond motifs is 1. The lowest BCUT2D eigenvalue weighted by atomic mass is 9.77. The van der Waals surface area contributed by atoms with E-state index in [9.17, 15) is 4.39 Å². The number of nitrogens with zero attached hydrogens (tertiary/aromatic N) is 2. The lowest BCUT2D eigenvalue weighted by Crippen LogP contribution is -2.42. The molecule has 0 bridgehead atoms. The molecule has 0 aromatic carbocycles. The van der Waals surface area contributed by atoms with Crippen molar-refractivity contribution in [1.82, 2.24) is 14.3 Å². The second-order valence-corrected chi connectivity index (χ2v) is 8.96. The fourth-order valence-electron chi connectivity index (χ4n) is 4.31. The first-order valence-corrected chi connectivity index (χ1v) is 10.9. The highest BCUT2D eigenvalue weighted by Crippen LogP contribution is 2.36. The van der Waals surface area contributed by atoms with E-state index in [1.807, 2.05) is 24.2 Å². The van der Waals surface area contributed by atoms with Gasteiger partial charge in [0.05, 0.1) is 11.3 Å². The van der Waals surface area contributed by atoms with Gasteiger partial charge in [-0.1, -0.05) is 29.6 Å². The summed E-state index contributed by atoms with van der Waals surface area (Å²) in [5.74, 6) is 1.28. The molecule has 144 valence electrons. The molecule has 2 aliphatic carbocycles. The van der Waals surface area contributed by atoms with Crippen LogP contribution in [0, 0.1) is 11.8 Å². The predicted octanol–water partition coefficient (Wildman–Crippen LogP) is 2.85. The average Bonchev–Trinajstić information content (AvgIpc) is 3.15. The Morgan fingerprint density at radius 2 is 2.11 bits per heavy atom. The van der Waals surface area contributed by atoms with Gasteiger partial charge in [0, 0.05) is 31.0 Å². The quantitative estimate of drug-likeness (QED) is 0.563. The van der Waals surface area contributed by atoms with Crippen molar-refractivity contribution in [2.45, 2.75) is 38.6 Å². The molecule has 1 fully saturated rings. The van der Waals surface area contributed by atoms with Crippen LogP contribution in [0.4, 0.5) is 4.39 Å². The zero-order valence-corrected chi connectivity index (χ0v) is 16.6. The third-order valence-electron chi connectivity index (χ3n) is 5.80. The summed E-state index contributed by atoms with van der Waals surface area (Å²) in [4.78, 5) is 0. The molecule has 2 atom stereocenters. The van der Waals surface area contributed by atoms with Crippen LogP contribution in [0.5, 0.6) is 0 Å². The maximum absolute atomic E-state index is 14.0. The van der Waals surface area contributed by atoms with Crippen molar-refractivity contribution in [1.29, 1.82) is 0 Å². The average molecular weight is 388 g/mol. The van der Waals surface area contributed by atoms with E-state index in [1.165, 1.54) is 5.57 Å². The molecule has 2 heterocycles. The minimum atomic E-state index is -0.276. The smallest absolute Gasteiger partial charge is 0.353 e. The van der Waals surface area contributed by atoms with Crippen molar-refractivity contribution < 1.29 is 4.39 Å². The number of halogens is 1. The topological polar surface area (TPSA) is 55.4 Å². The Labute approximate surface area is 165 Å². The summed E-state index contributed by atoms with van der Waals surface area (Å²) in [6, 6.07) is 0.474. The summed E-state index contributed by atoms with van der Waals surface area (Å²) in [6.45, 7) is 4.44. The van der Waals surface area contributed by atoms with Gasteiger partial charge in [-0.15, -0.1) is 0 Å². The van der Waals surface area contributed by atoms with Crippen molar-refractivity contribution in [3.63, 3.8) is 0 Å². The van der Waals surface area contributed by atoms with E-state index >= 15 is 0 Å². The molecule has 4 nitrogen and oxygen atoms in total. The van der Waals surface area contributed by atoms with E-state index in [4.69, 9.17) is 5.73 Å². The van der Waals surface area contributed by atoms with Gasteiger partial charge < -0.3 is 11.1 Å². The summed E-state index contributed by atoms with van der Waals surface area (Å²) in [7, 11) is 0. The van der Waals surface area contributed by atoms with Crippen molar-refractivity contribution in [3.05, 3.63) is 47.1 Å². The summed E-state index contributed by atoms with van der Waals surface area (Å²) in [6.07, 6.45) is 13.8. The predicted molar refractivity (Wildman–Crippen MR) is 113 cm³/mol. The molecule has 6 heteroatoms. The van der Waals surface area contributed by atoms with Crippen LogP contribution in [0.25, 0.3) is 0 Å². The highest BCUT2D eigenvalue weighted by molar-refractivity contribution is 7.96. The fourth-order valence-corrected chi connectivity index (χ4v) is 5.15. The van der Waals surface area contributed by atoms with Gasteiger partial charge in [-0.2, -0.15) is 0 Å². The van der Waals surface area contributed by atoms with Gasteiger partial charge in [-0.3, -0.25) is 4.31 Å². The first-order chi connectivity index (χ1) is 13.1. The Kier molecular flexibility index (Phi) is 5.58. The Morgan fingerprint density at radius 1 is 1.30 bits per heavy atom. The van der Waals surface area contributed by atoms with Crippen LogP contribution in [-0.4, -0.2) is 41.1 Å². The van der Waals surface area contributed by atoms with Gasteiger partial charge in [0.15, 0.2) is 0 Å². The van der Waals surface area contributed by atoms with E-state index in [0.717, 1.165) is 55.9 Å². The Morgan fingerprint density at radius 3 is 2.85 bits per heavy atom. The molecule has 0 spiro atoms. The lowest BCUT2D eigenvalue weighted by molar-refractivity contribution is 0.322. The number of piperidine rings is 1. The molecular formula is C21H28FN4S+. The molecule has 4 aliphatic rings. The molecular weight excluding hydrogens is 359 g/mol. The van der Waals surface area contributed by atoms with Gasteiger partial charge in [-0.25, -0.2) is 4.39 Å². The number of allylic oxidation sites excluding steroid dienone is 6. The zero-order valence-electron chi connectivity index (χ0n) is 15.8. The van der Waals surface area contributed by atoms with Gasteiger partial charge >= 0.3 is 5.71 Å². The van der Waals surface area contributed by atoms with Gasteiger partial charge in [-0.05, 0) is 49.7 Å². The molecule has 0 amide bonds. The molecule has 0 saturated carbocycles. The summed E-state index contributed by atoms with van der Waals surface area (Å²) < 4.78 is 21.1. The van der Waals surface area contributed by atoms with Crippen LogP contribution in [0.15, 0.2) is 47.1 Å². The number of nitrogens with one attached hydrogen (secondary N) is 1. The van der Waals surface area contributed by atoms with E-state index < -0.39 is 0 Å². The molecule has 0 radical (unpaired) electrons. The summed E-state index contributed by atoms with van der Waals surface area (Å²) >= 11 is 1.93. The molecule has 27 heavy (non-hydrogen) atoms. The first-order valence-electron chi connectivity index (χ1n) is 9.94. The Balaban J connectivity index is 1.47. The summed E-state index contributed by atoms with van der Waals surface area (Å²) in [5, 5.41) is 3.76. The number of rotatable bonds is 5. The van der Waals surface area contributed by atoms with E-state index in [1.54, 1.807) is 6.08 Å². The number of nitrogens with two attached hydrogens (primary N) is 1.